The molecule has 2 aromatic rings. The van der Waals surface area contributed by atoms with Crippen molar-refractivity contribution in [3.63, 3.8) is 0 Å². The Morgan fingerprint density at radius 3 is 2.95 bits per heavy atom. The van der Waals surface area contributed by atoms with Gasteiger partial charge in [0.05, 0.1) is 5.69 Å². The fourth-order valence-corrected chi connectivity index (χ4v) is 1.70. The van der Waals surface area contributed by atoms with E-state index in [1.807, 2.05) is 16.9 Å². The molecule has 5 heteroatoms. The smallest absolute Gasteiger partial charge is 0.146 e. The van der Waals surface area contributed by atoms with Crippen molar-refractivity contribution in [2.75, 3.05) is 5.73 Å². The lowest BCUT2D eigenvalue weighted by atomic mass is 10.3. The number of nitrogens with two attached hydrogens (primary N) is 1. The summed E-state index contributed by atoms with van der Waals surface area (Å²) in [6.45, 7) is 4.57. The number of nitrogens with zero attached hydrogens (tertiary/aromatic N) is 2. The molecular formula is C14H19N3O2. The summed E-state index contributed by atoms with van der Waals surface area (Å²) in [4.78, 5) is 0. The van der Waals surface area contributed by atoms with Gasteiger partial charge in [0, 0.05) is 12.2 Å². The van der Waals surface area contributed by atoms with Crippen molar-refractivity contribution in [1.29, 1.82) is 0 Å². The van der Waals surface area contributed by atoms with Crippen molar-refractivity contribution in [2.45, 2.75) is 32.9 Å². The second-order valence-corrected chi connectivity index (χ2v) is 4.52. The molecule has 19 heavy (non-hydrogen) atoms. The van der Waals surface area contributed by atoms with E-state index in [2.05, 4.69) is 18.9 Å². The Morgan fingerprint density at radius 1 is 1.42 bits per heavy atom. The van der Waals surface area contributed by atoms with E-state index in [1.54, 1.807) is 12.1 Å². The molecule has 0 radical (unpaired) electrons. The van der Waals surface area contributed by atoms with E-state index in [0.717, 1.165) is 12.1 Å². The number of nitrogen functional groups attached to an aromatic ring is 1. The predicted octanol–water partition coefficient (Wildman–Crippen LogP) is 2.72. The number of para-hydroxylation sites is 1. The maximum absolute atomic E-state index is 9.48. The second kappa shape index (κ2) is 5.65. The number of rotatable bonds is 5. The highest BCUT2D eigenvalue weighted by Gasteiger charge is 2.08. The molecule has 3 N–H and O–H groups in total. The van der Waals surface area contributed by atoms with Crippen molar-refractivity contribution in [3.8, 4) is 11.5 Å². The summed E-state index contributed by atoms with van der Waals surface area (Å²) >= 11 is 0. The van der Waals surface area contributed by atoms with Crippen LogP contribution in [0.1, 0.15) is 32.0 Å². The molecule has 1 unspecified atom stereocenters. The quantitative estimate of drug-likeness (QED) is 0.641. The molecule has 0 fully saturated rings. The molecule has 5 nitrogen and oxygen atoms in total. The van der Waals surface area contributed by atoms with E-state index < -0.39 is 0 Å². The summed E-state index contributed by atoms with van der Waals surface area (Å²) in [6, 6.07) is 7.24. The third kappa shape index (κ3) is 2.99. The number of phenolic OH excluding ortho intramolecular Hbond substituents is 1. The third-order valence-electron chi connectivity index (χ3n) is 3.12. The van der Waals surface area contributed by atoms with Gasteiger partial charge in [0.25, 0.3) is 0 Å². The lowest BCUT2D eigenvalue weighted by Crippen LogP contribution is -2.06. The Morgan fingerprint density at radius 2 is 2.21 bits per heavy atom. The van der Waals surface area contributed by atoms with E-state index >= 15 is 0 Å². The number of phenols is 1. The van der Waals surface area contributed by atoms with Crippen LogP contribution in [0.15, 0.2) is 30.5 Å². The largest absolute Gasteiger partial charge is 0.506 e. The summed E-state index contributed by atoms with van der Waals surface area (Å²) in [5.74, 6) is 0.501. The zero-order valence-electron chi connectivity index (χ0n) is 11.2. The van der Waals surface area contributed by atoms with Crippen LogP contribution in [0.5, 0.6) is 11.5 Å². The molecule has 1 heterocycles. The lowest BCUT2D eigenvalue weighted by molar-refractivity contribution is 0.298. The lowest BCUT2D eigenvalue weighted by Gasteiger charge is -2.09. The Balaban J connectivity index is 2.02. The minimum Gasteiger partial charge on any atom is -0.506 e. The number of aromatic nitrogens is 2. The molecule has 2 rings (SSSR count). The molecule has 0 saturated carbocycles. The van der Waals surface area contributed by atoms with Crippen LogP contribution in [-0.4, -0.2) is 14.9 Å². The number of ether oxygens (including phenoxy) is 1. The van der Waals surface area contributed by atoms with Crippen LogP contribution in [0.3, 0.4) is 0 Å². The van der Waals surface area contributed by atoms with Gasteiger partial charge in [0.15, 0.2) is 0 Å². The number of hydrogen-bond donors (Lipinski definition) is 2. The first-order valence-electron chi connectivity index (χ1n) is 6.36. The van der Waals surface area contributed by atoms with Crippen LogP contribution in [0.2, 0.25) is 0 Å². The normalized spacial score (nSPS) is 12.3. The van der Waals surface area contributed by atoms with E-state index in [0.29, 0.717) is 18.4 Å². The van der Waals surface area contributed by atoms with Gasteiger partial charge >= 0.3 is 0 Å². The fourth-order valence-electron chi connectivity index (χ4n) is 1.70. The van der Waals surface area contributed by atoms with Crippen molar-refractivity contribution >= 4 is 5.69 Å². The van der Waals surface area contributed by atoms with Crippen molar-refractivity contribution in [2.24, 2.45) is 0 Å². The van der Waals surface area contributed by atoms with E-state index in [-0.39, 0.29) is 11.4 Å². The molecule has 102 valence electrons. The Kier molecular flexibility index (Phi) is 3.94. The zero-order chi connectivity index (χ0) is 13.8. The first-order valence-corrected chi connectivity index (χ1v) is 6.36. The van der Waals surface area contributed by atoms with Gasteiger partial charge in [-0.2, -0.15) is 5.10 Å². The highest BCUT2D eigenvalue weighted by Crippen LogP contribution is 2.30. The maximum Gasteiger partial charge on any atom is 0.146 e. The van der Waals surface area contributed by atoms with Gasteiger partial charge in [0.1, 0.15) is 23.8 Å². The van der Waals surface area contributed by atoms with Crippen molar-refractivity contribution < 1.29 is 9.84 Å². The minimum absolute atomic E-state index is 0.0302. The molecule has 0 aliphatic carbocycles. The molecule has 1 aromatic heterocycles. The minimum atomic E-state index is 0.0302. The molecular weight excluding hydrogens is 242 g/mol. The van der Waals surface area contributed by atoms with Crippen LogP contribution in [0.4, 0.5) is 5.69 Å². The number of hydrogen-bond acceptors (Lipinski definition) is 4. The molecule has 0 spiro atoms. The van der Waals surface area contributed by atoms with Gasteiger partial charge < -0.3 is 15.6 Å². The second-order valence-electron chi connectivity index (χ2n) is 4.52. The standard InChI is InChI=1S/C14H19N3O2/c1-3-10(2)17-8-7-11(16-17)9-19-13-6-4-5-12(18)14(13)15/h4-8,10,18H,3,9,15H2,1-2H3. The van der Waals surface area contributed by atoms with E-state index in [9.17, 15) is 5.11 Å². The average molecular weight is 261 g/mol. The van der Waals surface area contributed by atoms with Gasteiger partial charge in [0.2, 0.25) is 0 Å². The van der Waals surface area contributed by atoms with Crippen LogP contribution in [0.25, 0.3) is 0 Å². The summed E-state index contributed by atoms with van der Waals surface area (Å²) in [5, 5.41) is 13.9. The van der Waals surface area contributed by atoms with Gasteiger partial charge in [-0.1, -0.05) is 13.0 Å². The van der Waals surface area contributed by atoms with Gasteiger partial charge in [-0.05, 0) is 31.5 Å². The van der Waals surface area contributed by atoms with E-state index in [1.165, 1.54) is 6.07 Å². The summed E-state index contributed by atoms with van der Waals surface area (Å²) in [6.07, 6.45) is 2.97. The van der Waals surface area contributed by atoms with Crippen LogP contribution in [0, 0.1) is 0 Å². The molecule has 0 aliphatic heterocycles. The summed E-state index contributed by atoms with van der Waals surface area (Å²) in [7, 11) is 0. The van der Waals surface area contributed by atoms with Crippen molar-refractivity contribution in [3.05, 3.63) is 36.2 Å². The third-order valence-corrected chi connectivity index (χ3v) is 3.12. The maximum atomic E-state index is 9.48. The predicted molar refractivity (Wildman–Crippen MR) is 74.1 cm³/mol. The highest BCUT2D eigenvalue weighted by molar-refractivity contribution is 5.61. The molecule has 0 bridgehead atoms. The van der Waals surface area contributed by atoms with Gasteiger partial charge in [-0.15, -0.1) is 0 Å². The highest BCUT2D eigenvalue weighted by atomic mass is 16.5. The van der Waals surface area contributed by atoms with Crippen molar-refractivity contribution in [1.82, 2.24) is 9.78 Å². The summed E-state index contributed by atoms with van der Waals surface area (Å²) < 4.78 is 7.49. The molecule has 0 amide bonds. The van der Waals surface area contributed by atoms with Crippen LogP contribution in [-0.2, 0) is 6.61 Å². The summed E-state index contributed by atoms with van der Waals surface area (Å²) in [5.41, 5.74) is 6.81. The SMILES string of the molecule is CCC(C)n1ccc(COc2cccc(O)c2N)n1. The van der Waals surface area contributed by atoms with E-state index in [4.69, 9.17) is 10.5 Å². The molecule has 0 saturated heterocycles. The fraction of sp³-hybridized carbons (Fsp3) is 0.357. The topological polar surface area (TPSA) is 73.3 Å². The number of aromatic hydroxyl groups is 1. The van der Waals surface area contributed by atoms with Gasteiger partial charge in [-0.25, -0.2) is 0 Å². The Bertz CT molecular complexity index is 551. The first kappa shape index (κ1) is 13.3. The zero-order valence-corrected chi connectivity index (χ0v) is 11.2. The Hall–Kier alpha value is -2.17. The molecule has 0 aliphatic rings. The van der Waals surface area contributed by atoms with Crippen LogP contribution < -0.4 is 10.5 Å². The average Bonchev–Trinajstić information content (AvgIpc) is 2.88. The number of anilines is 1. The first-order chi connectivity index (χ1) is 9.11. The molecule has 1 atom stereocenters. The molecule has 1 aromatic carbocycles. The monoisotopic (exact) mass is 261 g/mol. The Labute approximate surface area is 112 Å². The van der Waals surface area contributed by atoms with Crippen LogP contribution >= 0.6 is 0 Å². The van der Waals surface area contributed by atoms with Gasteiger partial charge in [-0.3, -0.25) is 4.68 Å². The number of benzene rings is 1.